The van der Waals surface area contributed by atoms with Crippen molar-refractivity contribution in [3.05, 3.63) is 0 Å². The number of ether oxygens (including phenoxy) is 1. The molecular formula is C12H23N3O3. The maximum atomic E-state index is 11.6. The van der Waals surface area contributed by atoms with Gasteiger partial charge in [-0.15, -0.1) is 0 Å². The zero-order valence-electron chi connectivity index (χ0n) is 11.1. The van der Waals surface area contributed by atoms with Crippen molar-refractivity contribution in [2.45, 2.75) is 38.8 Å². The first-order valence-corrected chi connectivity index (χ1v) is 6.41. The lowest BCUT2D eigenvalue weighted by atomic mass is 10.1. The minimum absolute atomic E-state index is 0.0320. The summed E-state index contributed by atoms with van der Waals surface area (Å²) >= 11 is 0. The molecule has 1 aliphatic heterocycles. The minimum Gasteiger partial charge on any atom is -0.379 e. The zero-order chi connectivity index (χ0) is 13.5. The second-order valence-corrected chi connectivity index (χ2v) is 4.97. The highest BCUT2D eigenvalue weighted by Gasteiger charge is 2.19. The van der Waals surface area contributed by atoms with Gasteiger partial charge in [-0.05, 0) is 18.8 Å². The molecule has 0 aromatic rings. The van der Waals surface area contributed by atoms with Gasteiger partial charge in [-0.1, -0.05) is 13.8 Å². The van der Waals surface area contributed by atoms with Crippen LogP contribution in [0.5, 0.6) is 0 Å². The van der Waals surface area contributed by atoms with Crippen LogP contribution in [0, 0.1) is 5.92 Å². The highest BCUT2D eigenvalue weighted by molar-refractivity contribution is 5.87. The summed E-state index contributed by atoms with van der Waals surface area (Å²) in [4.78, 5) is 23.1. The van der Waals surface area contributed by atoms with Crippen LogP contribution in [-0.4, -0.2) is 43.7 Å². The van der Waals surface area contributed by atoms with Gasteiger partial charge in [-0.3, -0.25) is 9.59 Å². The molecule has 0 aromatic carbocycles. The smallest absolute Gasteiger partial charge is 0.239 e. The van der Waals surface area contributed by atoms with Gasteiger partial charge in [0.15, 0.2) is 0 Å². The second kappa shape index (κ2) is 7.33. The van der Waals surface area contributed by atoms with E-state index in [4.69, 9.17) is 10.5 Å². The van der Waals surface area contributed by atoms with E-state index in [1.165, 1.54) is 0 Å². The molecule has 1 unspecified atom stereocenters. The van der Waals surface area contributed by atoms with Crippen LogP contribution < -0.4 is 16.4 Å². The Balaban J connectivity index is 2.22. The molecule has 0 spiro atoms. The molecule has 0 saturated carbocycles. The van der Waals surface area contributed by atoms with Crippen LogP contribution in [-0.2, 0) is 14.3 Å². The maximum absolute atomic E-state index is 11.6. The Morgan fingerprint density at radius 2 is 2.17 bits per heavy atom. The van der Waals surface area contributed by atoms with Gasteiger partial charge in [-0.2, -0.15) is 0 Å². The Labute approximate surface area is 108 Å². The molecular weight excluding hydrogens is 234 g/mol. The standard InChI is InChI=1S/C12H23N3O3/c1-8(2)11(13)12(17)14-6-10(16)15-9-4-3-5-18-7-9/h8-9,11H,3-7,13H2,1-2H3,(H,14,17)(H,15,16)/t9?,11-/m0/s1. The van der Waals surface area contributed by atoms with E-state index in [0.29, 0.717) is 6.61 Å². The van der Waals surface area contributed by atoms with E-state index in [-0.39, 0.29) is 30.3 Å². The summed E-state index contributed by atoms with van der Waals surface area (Å²) in [6.45, 7) is 5.00. The maximum Gasteiger partial charge on any atom is 0.239 e. The number of rotatable bonds is 5. The summed E-state index contributed by atoms with van der Waals surface area (Å²) in [6, 6.07) is -0.516. The molecule has 1 fully saturated rings. The van der Waals surface area contributed by atoms with E-state index in [2.05, 4.69) is 10.6 Å². The number of nitrogens with one attached hydrogen (secondary N) is 2. The first-order chi connectivity index (χ1) is 8.50. The van der Waals surface area contributed by atoms with E-state index in [1.54, 1.807) is 0 Å². The summed E-state index contributed by atoms with van der Waals surface area (Å²) < 4.78 is 5.26. The van der Waals surface area contributed by atoms with Crippen molar-refractivity contribution in [1.82, 2.24) is 10.6 Å². The van der Waals surface area contributed by atoms with Gasteiger partial charge >= 0.3 is 0 Å². The quantitative estimate of drug-likeness (QED) is 0.612. The fourth-order valence-electron chi connectivity index (χ4n) is 1.72. The van der Waals surface area contributed by atoms with Crippen molar-refractivity contribution < 1.29 is 14.3 Å². The number of amides is 2. The molecule has 6 nitrogen and oxygen atoms in total. The molecule has 1 aliphatic rings. The second-order valence-electron chi connectivity index (χ2n) is 4.97. The molecule has 104 valence electrons. The lowest BCUT2D eigenvalue weighted by Crippen LogP contribution is -2.49. The Kier molecular flexibility index (Phi) is 6.07. The third-order valence-electron chi connectivity index (χ3n) is 2.97. The van der Waals surface area contributed by atoms with Crippen LogP contribution in [0.2, 0.25) is 0 Å². The Morgan fingerprint density at radius 3 is 2.72 bits per heavy atom. The molecule has 6 heteroatoms. The normalized spacial score (nSPS) is 21.4. The summed E-state index contributed by atoms with van der Waals surface area (Å²) in [7, 11) is 0. The van der Waals surface area contributed by atoms with Crippen LogP contribution in [0.4, 0.5) is 0 Å². The van der Waals surface area contributed by atoms with Crippen molar-refractivity contribution in [3.63, 3.8) is 0 Å². The molecule has 2 atom stereocenters. The van der Waals surface area contributed by atoms with E-state index < -0.39 is 6.04 Å². The van der Waals surface area contributed by atoms with E-state index in [1.807, 2.05) is 13.8 Å². The number of nitrogens with two attached hydrogens (primary N) is 1. The van der Waals surface area contributed by atoms with Crippen LogP contribution in [0.1, 0.15) is 26.7 Å². The molecule has 0 aliphatic carbocycles. The number of hydrogen-bond acceptors (Lipinski definition) is 4. The molecule has 1 heterocycles. The zero-order valence-corrected chi connectivity index (χ0v) is 11.1. The number of hydrogen-bond donors (Lipinski definition) is 3. The van der Waals surface area contributed by atoms with Gasteiger partial charge in [0.1, 0.15) is 0 Å². The largest absolute Gasteiger partial charge is 0.379 e. The van der Waals surface area contributed by atoms with Gasteiger partial charge in [-0.25, -0.2) is 0 Å². The lowest BCUT2D eigenvalue weighted by Gasteiger charge is -2.23. The summed E-state index contributed by atoms with van der Waals surface area (Å²) in [6.07, 6.45) is 1.88. The predicted molar refractivity (Wildman–Crippen MR) is 67.8 cm³/mol. The lowest BCUT2D eigenvalue weighted by molar-refractivity contribution is -0.128. The van der Waals surface area contributed by atoms with Crippen molar-refractivity contribution in [2.24, 2.45) is 11.7 Å². The molecule has 0 radical (unpaired) electrons. The SMILES string of the molecule is CC(C)[C@H](N)C(=O)NCC(=O)NC1CCCOC1. The topological polar surface area (TPSA) is 93.5 Å². The van der Waals surface area contributed by atoms with Crippen molar-refractivity contribution in [3.8, 4) is 0 Å². The van der Waals surface area contributed by atoms with Crippen LogP contribution in [0.15, 0.2) is 0 Å². The molecule has 18 heavy (non-hydrogen) atoms. The fraction of sp³-hybridized carbons (Fsp3) is 0.833. The van der Waals surface area contributed by atoms with Crippen molar-refractivity contribution in [1.29, 1.82) is 0 Å². The van der Waals surface area contributed by atoms with Gasteiger partial charge in [0.25, 0.3) is 0 Å². The van der Waals surface area contributed by atoms with Crippen molar-refractivity contribution in [2.75, 3.05) is 19.8 Å². The van der Waals surface area contributed by atoms with E-state index in [9.17, 15) is 9.59 Å². The average molecular weight is 257 g/mol. The first kappa shape index (κ1) is 14.9. The average Bonchev–Trinajstić information content (AvgIpc) is 2.36. The highest BCUT2D eigenvalue weighted by Crippen LogP contribution is 2.05. The minimum atomic E-state index is -0.573. The Bertz CT molecular complexity index is 288. The van der Waals surface area contributed by atoms with E-state index in [0.717, 1.165) is 19.4 Å². The summed E-state index contributed by atoms with van der Waals surface area (Å²) in [5.74, 6) is -0.436. The van der Waals surface area contributed by atoms with Gasteiger partial charge < -0.3 is 21.1 Å². The Morgan fingerprint density at radius 1 is 1.44 bits per heavy atom. The predicted octanol–water partition coefficient (Wildman–Crippen LogP) is -0.619. The van der Waals surface area contributed by atoms with Crippen LogP contribution >= 0.6 is 0 Å². The fourth-order valence-corrected chi connectivity index (χ4v) is 1.72. The van der Waals surface area contributed by atoms with Gasteiger partial charge in [0.05, 0.1) is 25.2 Å². The highest BCUT2D eigenvalue weighted by atomic mass is 16.5. The summed E-state index contributed by atoms with van der Waals surface area (Å²) in [5.41, 5.74) is 5.67. The Hall–Kier alpha value is -1.14. The third kappa shape index (κ3) is 5.01. The van der Waals surface area contributed by atoms with Gasteiger partial charge in [0, 0.05) is 6.61 Å². The van der Waals surface area contributed by atoms with Crippen LogP contribution in [0.3, 0.4) is 0 Å². The van der Waals surface area contributed by atoms with Gasteiger partial charge in [0.2, 0.25) is 11.8 Å². The monoisotopic (exact) mass is 257 g/mol. The molecule has 2 amide bonds. The third-order valence-corrected chi connectivity index (χ3v) is 2.97. The van der Waals surface area contributed by atoms with Crippen molar-refractivity contribution >= 4 is 11.8 Å². The number of carbonyl (C=O) groups excluding carboxylic acids is 2. The molecule has 1 rings (SSSR count). The first-order valence-electron chi connectivity index (χ1n) is 6.41. The number of carbonyl (C=O) groups is 2. The molecule has 1 saturated heterocycles. The van der Waals surface area contributed by atoms with Crippen LogP contribution in [0.25, 0.3) is 0 Å². The van der Waals surface area contributed by atoms with E-state index >= 15 is 0 Å². The molecule has 0 bridgehead atoms. The molecule has 4 N–H and O–H groups in total. The summed E-state index contributed by atoms with van der Waals surface area (Å²) in [5, 5.41) is 5.36. The molecule has 0 aromatic heterocycles.